The van der Waals surface area contributed by atoms with Gasteiger partial charge in [-0.15, -0.1) is 11.3 Å². The van der Waals surface area contributed by atoms with Crippen LogP contribution in [-0.4, -0.2) is 41.2 Å². The van der Waals surface area contributed by atoms with Gasteiger partial charge in [-0.1, -0.05) is 27.7 Å². The summed E-state index contributed by atoms with van der Waals surface area (Å²) in [5.41, 5.74) is 0.110. The Labute approximate surface area is 171 Å². The molecule has 1 fully saturated rings. The highest BCUT2D eigenvalue weighted by Crippen LogP contribution is 2.41. The quantitative estimate of drug-likeness (QED) is 0.633. The number of thiophene rings is 1. The van der Waals surface area contributed by atoms with E-state index < -0.39 is 13.3 Å². The van der Waals surface area contributed by atoms with Gasteiger partial charge in [-0.25, -0.2) is 4.79 Å². The molecule has 1 unspecified atom stereocenters. The standard InChI is InChI=1S/C20H32NO5PS/c1-13-6-8-14(9-7-13)18(22)21(10-11-27(5,25)26)15-12-16(20(2,3)4)28-17(15)19(23)24/h12-14H,6-11H2,1-5H3,(H,23,24)(H,25,26)/t13-,14-. The van der Waals surface area contributed by atoms with Crippen molar-refractivity contribution in [1.82, 2.24) is 0 Å². The van der Waals surface area contributed by atoms with Crippen LogP contribution in [0.1, 0.15) is 67.9 Å². The zero-order valence-electron chi connectivity index (χ0n) is 17.4. The van der Waals surface area contributed by atoms with Crippen molar-refractivity contribution in [2.45, 2.75) is 58.8 Å². The number of hydrogen-bond donors (Lipinski definition) is 2. The molecule has 2 N–H and O–H groups in total. The summed E-state index contributed by atoms with van der Waals surface area (Å²) < 4.78 is 11.9. The smallest absolute Gasteiger partial charge is 0.348 e. The Balaban J connectivity index is 2.43. The molecule has 0 aliphatic heterocycles. The number of carbonyl (C=O) groups excluding carboxylic acids is 1. The molecule has 158 valence electrons. The molecule has 0 spiro atoms. The van der Waals surface area contributed by atoms with Crippen LogP contribution in [-0.2, 0) is 14.8 Å². The van der Waals surface area contributed by atoms with E-state index in [9.17, 15) is 24.2 Å². The van der Waals surface area contributed by atoms with E-state index in [2.05, 4.69) is 6.92 Å². The zero-order valence-corrected chi connectivity index (χ0v) is 19.1. The summed E-state index contributed by atoms with van der Waals surface area (Å²) in [7, 11) is -3.33. The lowest BCUT2D eigenvalue weighted by Crippen LogP contribution is -2.40. The Bertz CT molecular complexity index is 768. The highest BCUT2D eigenvalue weighted by atomic mass is 32.1. The molecule has 0 saturated heterocycles. The number of hydrogen-bond acceptors (Lipinski definition) is 4. The molecule has 2 rings (SSSR count). The first kappa shape index (κ1) is 23.1. The molecule has 1 aromatic rings. The molecule has 28 heavy (non-hydrogen) atoms. The minimum atomic E-state index is -3.33. The van der Waals surface area contributed by atoms with Crippen LogP contribution in [0.25, 0.3) is 0 Å². The zero-order chi connectivity index (χ0) is 21.3. The van der Waals surface area contributed by atoms with E-state index >= 15 is 0 Å². The first-order chi connectivity index (χ1) is 12.8. The second-order valence-corrected chi connectivity index (χ2v) is 12.7. The van der Waals surface area contributed by atoms with Gasteiger partial charge < -0.3 is 14.9 Å². The van der Waals surface area contributed by atoms with Crippen molar-refractivity contribution in [3.8, 4) is 0 Å². The van der Waals surface area contributed by atoms with E-state index in [-0.39, 0.29) is 34.8 Å². The van der Waals surface area contributed by atoms with Crippen molar-refractivity contribution in [2.24, 2.45) is 11.8 Å². The van der Waals surface area contributed by atoms with E-state index in [0.29, 0.717) is 11.6 Å². The van der Waals surface area contributed by atoms with Crippen LogP contribution in [0.2, 0.25) is 0 Å². The Morgan fingerprint density at radius 1 is 1.25 bits per heavy atom. The lowest BCUT2D eigenvalue weighted by atomic mass is 9.82. The maximum absolute atomic E-state index is 13.3. The molecule has 0 aromatic carbocycles. The summed E-state index contributed by atoms with van der Waals surface area (Å²) in [6.07, 6.45) is 3.44. The molecule has 0 bridgehead atoms. The van der Waals surface area contributed by atoms with Crippen LogP contribution in [0.15, 0.2) is 6.07 Å². The lowest BCUT2D eigenvalue weighted by Gasteiger charge is -2.31. The number of carbonyl (C=O) groups is 2. The van der Waals surface area contributed by atoms with E-state index in [1.807, 2.05) is 20.8 Å². The van der Waals surface area contributed by atoms with E-state index in [1.54, 1.807) is 6.07 Å². The van der Waals surface area contributed by atoms with Gasteiger partial charge in [0.1, 0.15) is 4.88 Å². The molecule has 1 saturated carbocycles. The van der Waals surface area contributed by atoms with Crippen LogP contribution in [0.3, 0.4) is 0 Å². The first-order valence-corrected chi connectivity index (χ1v) is 12.9. The number of anilines is 1. The van der Waals surface area contributed by atoms with Crippen molar-refractivity contribution in [1.29, 1.82) is 0 Å². The predicted octanol–water partition coefficient (Wildman–Crippen LogP) is 4.80. The minimum absolute atomic E-state index is 0.0514. The third-order valence-corrected chi connectivity index (χ3v) is 7.87. The molecule has 0 radical (unpaired) electrons. The van der Waals surface area contributed by atoms with Gasteiger partial charge in [0.15, 0.2) is 7.37 Å². The normalized spacial score (nSPS) is 22.5. The van der Waals surface area contributed by atoms with Crippen molar-refractivity contribution < 1.29 is 24.2 Å². The number of rotatable bonds is 6. The maximum atomic E-state index is 13.3. The van der Waals surface area contributed by atoms with Gasteiger partial charge in [-0.3, -0.25) is 9.36 Å². The minimum Gasteiger partial charge on any atom is -0.477 e. The third-order valence-electron chi connectivity index (χ3n) is 5.31. The highest BCUT2D eigenvalue weighted by molar-refractivity contribution is 7.57. The van der Waals surface area contributed by atoms with Gasteiger partial charge in [0.2, 0.25) is 5.91 Å². The molecule has 8 heteroatoms. The molecule has 1 aliphatic rings. The second-order valence-electron chi connectivity index (χ2n) is 9.10. The fourth-order valence-corrected chi connectivity index (χ4v) is 5.10. The summed E-state index contributed by atoms with van der Waals surface area (Å²) in [4.78, 5) is 37.4. The molecule has 1 aliphatic carbocycles. The summed E-state index contributed by atoms with van der Waals surface area (Å²) in [5.74, 6) is -0.768. The number of aromatic carboxylic acids is 1. The monoisotopic (exact) mass is 429 g/mol. The Kier molecular flexibility index (Phi) is 7.17. The van der Waals surface area contributed by atoms with Gasteiger partial charge in [0.25, 0.3) is 0 Å². The van der Waals surface area contributed by atoms with Crippen molar-refractivity contribution in [3.05, 3.63) is 15.8 Å². The predicted molar refractivity (Wildman–Crippen MR) is 114 cm³/mol. The third kappa shape index (κ3) is 5.91. The molecule has 1 amide bonds. The van der Waals surface area contributed by atoms with E-state index in [4.69, 9.17) is 0 Å². The average Bonchev–Trinajstić information content (AvgIpc) is 3.00. The summed E-state index contributed by atoms with van der Waals surface area (Å²) >= 11 is 1.18. The molecule has 1 aromatic heterocycles. The Morgan fingerprint density at radius 3 is 2.29 bits per heavy atom. The SMILES string of the molecule is CC(C)(C)c1cc(N(CCP(C)(=O)O)C(=O)[C@H]2CC[C@H](C)CC2)c(C(=O)O)s1. The van der Waals surface area contributed by atoms with Crippen molar-refractivity contribution >= 4 is 36.3 Å². The topological polar surface area (TPSA) is 94.9 Å². The average molecular weight is 430 g/mol. The fraction of sp³-hybridized carbons (Fsp3) is 0.700. The summed E-state index contributed by atoms with van der Waals surface area (Å²) in [6, 6.07) is 1.77. The van der Waals surface area contributed by atoms with Gasteiger partial charge >= 0.3 is 5.97 Å². The Hall–Kier alpha value is -1.17. The van der Waals surface area contributed by atoms with E-state index in [1.165, 1.54) is 22.9 Å². The van der Waals surface area contributed by atoms with Crippen LogP contribution in [0.5, 0.6) is 0 Å². The number of carboxylic acid groups (broad SMARTS) is 1. The molecular weight excluding hydrogens is 397 g/mol. The fourth-order valence-electron chi connectivity index (χ4n) is 3.47. The highest BCUT2D eigenvalue weighted by Gasteiger charge is 2.33. The van der Waals surface area contributed by atoms with Crippen LogP contribution < -0.4 is 4.90 Å². The first-order valence-electron chi connectivity index (χ1n) is 9.78. The number of nitrogens with zero attached hydrogens (tertiary/aromatic N) is 1. The lowest BCUT2D eigenvalue weighted by molar-refractivity contribution is -0.123. The molecular formula is C20H32NO5PS. The van der Waals surface area contributed by atoms with Crippen LogP contribution >= 0.6 is 18.7 Å². The number of amides is 1. The molecule has 1 heterocycles. The van der Waals surface area contributed by atoms with Crippen LogP contribution in [0, 0.1) is 11.8 Å². The molecule has 1 atom stereocenters. The second kappa shape index (κ2) is 8.68. The van der Waals surface area contributed by atoms with Crippen molar-refractivity contribution in [3.63, 3.8) is 0 Å². The summed E-state index contributed by atoms with van der Waals surface area (Å²) in [5, 5.41) is 9.72. The van der Waals surface area contributed by atoms with E-state index in [0.717, 1.165) is 30.6 Å². The maximum Gasteiger partial charge on any atom is 0.348 e. The number of carboxylic acids is 1. The molecule has 6 nitrogen and oxygen atoms in total. The van der Waals surface area contributed by atoms with Gasteiger partial charge in [0.05, 0.1) is 5.69 Å². The Morgan fingerprint density at radius 2 is 1.82 bits per heavy atom. The largest absolute Gasteiger partial charge is 0.477 e. The van der Waals surface area contributed by atoms with Crippen LogP contribution in [0.4, 0.5) is 5.69 Å². The van der Waals surface area contributed by atoms with Gasteiger partial charge in [0, 0.05) is 30.2 Å². The van der Waals surface area contributed by atoms with Gasteiger partial charge in [-0.2, -0.15) is 0 Å². The summed E-state index contributed by atoms with van der Waals surface area (Å²) in [6.45, 7) is 9.49. The van der Waals surface area contributed by atoms with Gasteiger partial charge in [-0.05, 0) is 43.1 Å². The van der Waals surface area contributed by atoms with Crippen molar-refractivity contribution in [2.75, 3.05) is 24.3 Å².